The molecule has 4 heterocycles. The molecule has 8 aromatic carbocycles. The summed E-state index contributed by atoms with van der Waals surface area (Å²) in [5, 5.41) is 7.02. The van der Waals surface area contributed by atoms with Gasteiger partial charge >= 0.3 is 0 Å². The topological polar surface area (TPSA) is 56.7 Å². The first-order valence-electron chi connectivity index (χ1n) is 19.0. The van der Waals surface area contributed by atoms with Crippen molar-refractivity contribution in [2.45, 2.75) is 0 Å². The van der Waals surface area contributed by atoms with E-state index in [0.717, 1.165) is 71.2 Å². The van der Waals surface area contributed by atoms with Gasteiger partial charge in [-0.25, -0.2) is 15.0 Å². The van der Waals surface area contributed by atoms with E-state index in [1.54, 1.807) is 11.3 Å². The number of hydrogen-bond acceptors (Lipinski definition) is 5. The van der Waals surface area contributed by atoms with Gasteiger partial charge in [0.05, 0.1) is 16.7 Å². The molecule has 0 unspecified atom stereocenters. The number of nitrogens with zero attached hydrogens (tertiary/aromatic N) is 4. The quantitative estimate of drug-likeness (QED) is 0.176. The zero-order valence-corrected chi connectivity index (χ0v) is 31.2. The van der Waals surface area contributed by atoms with Crippen LogP contribution in [0, 0.1) is 0 Å². The van der Waals surface area contributed by atoms with Gasteiger partial charge in [0, 0.05) is 58.4 Å². The van der Waals surface area contributed by atoms with Gasteiger partial charge in [0.2, 0.25) is 0 Å². The molecule has 0 aliphatic heterocycles. The molecule has 0 saturated carbocycles. The maximum absolute atomic E-state index is 6.88. The molecule has 0 saturated heterocycles. The summed E-state index contributed by atoms with van der Waals surface area (Å²) < 4.78 is 11.6. The number of furan rings is 1. The summed E-state index contributed by atoms with van der Waals surface area (Å²) >= 11 is 1.78. The van der Waals surface area contributed by atoms with Crippen LogP contribution in [0.5, 0.6) is 0 Å². The van der Waals surface area contributed by atoms with Crippen LogP contribution in [-0.4, -0.2) is 19.5 Å². The molecule has 0 aliphatic rings. The number of hydrogen-bond donors (Lipinski definition) is 0. The maximum Gasteiger partial charge on any atom is 0.165 e. The summed E-state index contributed by atoms with van der Waals surface area (Å²) in [4.78, 5) is 15.2. The van der Waals surface area contributed by atoms with E-state index in [1.807, 2.05) is 60.7 Å². The molecule has 4 aromatic heterocycles. The summed E-state index contributed by atoms with van der Waals surface area (Å²) in [6, 6.07) is 63.6. The first kappa shape index (κ1) is 31.9. The molecule has 0 atom stereocenters. The number of rotatable bonds is 5. The summed E-state index contributed by atoms with van der Waals surface area (Å²) in [5.41, 5.74) is 10.3. The lowest BCUT2D eigenvalue weighted by molar-refractivity contribution is 0.666. The minimum absolute atomic E-state index is 0.650. The Morgan fingerprint density at radius 3 is 1.63 bits per heavy atom. The molecule has 0 spiro atoms. The normalized spacial score (nSPS) is 11.9. The Balaban J connectivity index is 1.08. The standard InChI is InChI=1S/C51H30N4OS/c1-3-15-31(16-4-1)49-52-50(32-17-5-2-6-18-32)54-51(53-49)39-25-11-24-38-46-36(22-14-30-44(46)57-48(38)39)35-21-13-29-43-45(35)37-23-12-28-42(47(37)56-43)55-40-26-9-7-19-33(40)34-20-8-10-27-41(34)55/h1-30H. The van der Waals surface area contributed by atoms with Crippen LogP contribution < -0.4 is 0 Å². The SMILES string of the molecule is c1ccc(-c2nc(-c3ccccc3)nc(-c3cccc4c3sc3cccc(-c5cccc6oc7c(-n8c9ccccc9c9ccccc98)cccc7c56)c34)n2)cc1. The van der Waals surface area contributed by atoms with E-state index in [1.165, 1.54) is 26.2 Å². The Bertz CT molecular complexity index is 3420. The first-order valence-corrected chi connectivity index (χ1v) is 19.8. The van der Waals surface area contributed by atoms with Crippen LogP contribution in [0.4, 0.5) is 0 Å². The molecule has 57 heavy (non-hydrogen) atoms. The minimum atomic E-state index is 0.650. The Kier molecular flexibility index (Phi) is 7.03. The molecule has 0 N–H and O–H groups in total. The predicted molar refractivity (Wildman–Crippen MR) is 236 cm³/mol. The summed E-state index contributed by atoms with van der Waals surface area (Å²) in [5.74, 6) is 1.95. The lowest BCUT2D eigenvalue weighted by atomic mass is 9.95. The molecule has 6 heteroatoms. The third kappa shape index (κ3) is 4.91. The number of aromatic nitrogens is 4. The molecule has 0 fully saturated rings. The van der Waals surface area contributed by atoms with Crippen molar-refractivity contribution in [2.24, 2.45) is 0 Å². The Labute approximate surface area is 330 Å². The average Bonchev–Trinajstić information content (AvgIpc) is 3.97. The largest absolute Gasteiger partial charge is 0.454 e. The van der Waals surface area contributed by atoms with Crippen molar-refractivity contribution in [3.63, 3.8) is 0 Å². The minimum Gasteiger partial charge on any atom is -0.454 e. The highest BCUT2D eigenvalue weighted by molar-refractivity contribution is 7.26. The highest BCUT2D eigenvalue weighted by Gasteiger charge is 2.22. The lowest BCUT2D eigenvalue weighted by Gasteiger charge is -2.10. The molecule has 0 amide bonds. The molecule has 0 bridgehead atoms. The van der Waals surface area contributed by atoms with E-state index < -0.39 is 0 Å². The summed E-state index contributed by atoms with van der Waals surface area (Å²) in [6.07, 6.45) is 0. The van der Waals surface area contributed by atoms with Crippen molar-refractivity contribution in [1.82, 2.24) is 19.5 Å². The fourth-order valence-corrected chi connectivity index (χ4v) is 9.83. The van der Waals surface area contributed by atoms with E-state index in [2.05, 4.69) is 126 Å². The van der Waals surface area contributed by atoms with Crippen LogP contribution in [0.1, 0.15) is 0 Å². The molecule has 12 rings (SSSR count). The molecule has 5 nitrogen and oxygen atoms in total. The molecule has 12 aromatic rings. The second-order valence-electron chi connectivity index (χ2n) is 14.3. The first-order chi connectivity index (χ1) is 28.3. The molecule has 266 valence electrons. The third-order valence-electron chi connectivity index (χ3n) is 11.1. The lowest BCUT2D eigenvalue weighted by Crippen LogP contribution is -2.00. The van der Waals surface area contributed by atoms with E-state index in [-0.39, 0.29) is 0 Å². The average molecular weight is 747 g/mol. The summed E-state index contributed by atoms with van der Waals surface area (Å²) in [6.45, 7) is 0. The van der Waals surface area contributed by atoms with Crippen LogP contribution >= 0.6 is 11.3 Å². The van der Waals surface area contributed by atoms with Crippen LogP contribution in [0.2, 0.25) is 0 Å². The van der Waals surface area contributed by atoms with Gasteiger partial charge < -0.3 is 8.98 Å². The van der Waals surface area contributed by atoms with Gasteiger partial charge in [-0.15, -0.1) is 11.3 Å². The second kappa shape index (κ2) is 12.6. The van der Waals surface area contributed by atoms with Crippen LogP contribution in [0.3, 0.4) is 0 Å². The van der Waals surface area contributed by atoms with Crippen molar-refractivity contribution in [1.29, 1.82) is 0 Å². The fraction of sp³-hybridized carbons (Fsp3) is 0. The van der Waals surface area contributed by atoms with Crippen LogP contribution in [0.25, 0.3) is 115 Å². The number of thiophene rings is 1. The van der Waals surface area contributed by atoms with Gasteiger partial charge in [-0.05, 0) is 47.5 Å². The number of benzene rings is 8. The monoisotopic (exact) mass is 746 g/mol. The fourth-order valence-electron chi connectivity index (χ4n) is 8.59. The number of para-hydroxylation sites is 3. The maximum atomic E-state index is 6.88. The van der Waals surface area contributed by atoms with Crippen molar-refractivity contribution < 1.29 is 4.42 Å². The van der Waals surface area contributed by atoms with Crippen molar-refractivity contribution in [3.05, 3.63) is 182 Å². The Morgan fingerprint density at radius 1 is 0.404 bits per heavy atom. The van der Waals surface area contributed by atoms with Crippen LogP contribution in [-0.2, 0) is 0 Å². The van der Waals surface area contributed by atoms with Gasteiger partial charge in [0.25, 0.3) is 0 Å². The molecular formula is C51H30N4OS. The predicted octanol–water partition coefficient (Wildman–Crippen LogP) is 13.9. The summed E-state index contributed by atoms with van der Waals surface area (Å²) in [7, 11) is 0. The van der Waals surface area contributed by atoms with Gasteiger partial charge in [-0.1, -0.05) is 146 Å². The van der Waals surface area contributed by atoms with Crippen LogP contribution in [0.15, 0.2) is 186 Å². The molecular weight excluding hydrogens is 717 g/mol. The molecule has 0 aliphatic carbocycles. The van der Waals surface area contributed by atoms with Gasteiger partial charge in [-0.3, -0.25) is 0 Å². The van der Waals surface area contributed by atoms with E-state index >= 15 is 0 Å². The van der Waals surface area contributed by atoms with Crippen molar-refractivity contribution in [2.75, 3.05) is 0 Å². The Hall–Kier alpha value is -7.41. The zero-order chi connectivity index (χ0) is 37.5. The van der Waals surface area contributed by atoms with E-state index in [0.29, 0.717) is 17.5 Å². The highest BCUT2D eigenvalue weighted by Crippen LogP contribution is 2.47. The van der Waals surface area contributed by atoms with Crippen molar-refractivity contribution >= 4 is 75.3 Å². The second-order valence-corrected chi connectivity index (χ2v) is 15.4. The van der Waals surface area contributed by atoms with Gasteiger partial charge in [-0.2, -0.15) is 0 Å². The smallest absolute Gasteiger partial charge is 0.165 e. The Morgan fingerprint density at radius 2 is 0.930 bits per heavy atom. The molecule has 0 radical (unpaired) electrons. The van der Waals surface area contributed by atoms with E-state index in [4.69, 9.17) is 19.4 Å². The third-order valence-corrected chi connectivity index (χ3v) is 12.3. The highest BCUT2D eigenvalue weighted by atomic mass is 32.1. The van der Waals surface area contributed by atoms with Gasteiger partial charge in [0.15, 0.2) is 23.1 Å². The zero-order valence-electron chi connectivity index (χ0n) is 30.4. The van der Waals surface area contributed by atoms with E-state index in [9.17, 15) is 0 Å². The van der Waals surface area contributed by atoms with Crippen molar-refractivity contribution in [3.8, 4) is 51.0 Å². The number of fused-ring (bicyclic) bond motifs is 9. The van der Waals surface area contributed by atoms with Gasteiger partial charge in [0.1, 0.15) is 5.58 Å².